The number of carbonyl (C=O) groups is 2. The van der Waals surface area contributed by atoms with Crippen molar-refractivity contribution < 1.29 is 14.7 Å². The summed E-state index contributed by atoms with van der Waals surface area (Å²) in [4.78, 5) is 25.0. The van der Waals surface area contributed by atoms with Gasteiger partial charge >= 0.3 is 0 Å². The van der Waals surface area contributed by atoms with Gasteiger partial charge < -0.3 is 5.11 Å². The summed E-state index contributed by atoms with van der Waals surface area (Å²) in [6.07, 6.45) is 1.62. The first-order valence-corrected chi connectivity index (χ1v) is 8.20. The number of thioether (sulfide) groups is 1. The van der Waals surface area contributed by atoms with Crippen LogP contribution in [0.4, 0.5) is 0 Å². The molecule has 1 saturated heterocycles. The molecular formula is C17H12N2O3S2. The second-order valence-corrected chi connectivity index (χ2v) is 6.59. The molecule has 2 N–H and O–H groups in total. The van der Waals surface area contributed by atoms with E-state index in [2.05, 4.69) is 5.43 Å². The standard InChI is InChI=1S/C17H12N2O3S2/c20-13-8-4-5-11(9-13)10-14-16(22)19(17(23)24-14)18-15(21)12-6-2-1-3-7-12/h1-10,20H,(H,18,21). The predicted molar refractivity (Wildman–Crippen MR) is 97.0 cm³/mol. The predicted octanol–water partition coefficient (Wildman–Crippen LogP) is 2.94. The molecule has 0 atom stereocenters. The summed E-state index contributed by atoms with van der Waals surface area (Å²) in [5, 5.41) is 10.5. The second-order valence-electron chi connectivity index (χ2n) is 4.92. The van der Waals surface area contributed by atoms with Gasteiger partial charge in [-0.25, -0.2) is 0 Å². The zero-order valence-corrected chi connectivity index (χ0v) is 13.9. The van der Waals surface area contributed by atoms with Crippen molar-refractivity contribution in [1.82, 2.24) is 10.4 Å². The van der Waals surface area contributed by atoms with Gasteiger partial charge in [0.2, 0.25) is 0 Å². The molecule has 1 heterocycles. The Morgan fingerprint density at radius 3 is 2.62 bits per heavy atom. The van der Waals surface area contributed by atoms with Crippen molar-refractivity contribution in [2.75, 3.05) is 0 Å². The van der Waals surface area contributed by atoms with E-state index < -0.39 is 11.8 Å². The molecular weight excluding hydrogens is 344 g/mol. The Labute approximate surface area is 147 Å². The normalized spacial score (nSPS) is 15.8. The molecule has 0 aliphatic carbocycles. The molecule has 0 radical (unpaired) electrons. The Hall–Kier alpha value is -2.64. The summed E-state index contributed by atoms with van der Waals surface area (Å²) >= 11 is 6.26. The van der Waals surface area contributed by atoms with Gasteiger partial charge in [0.15, 0.2) is 4.32 Å². The van der Waals surface area contributed by atoms with Gasteiger partial charge in [0.25, 0.3) is 11.8 Å². The number of nitrogens with one attached hydrogen (secondary N) is 1. The van der Waals surface area contributed by atoms with Crippen molar-refractivity contribution in [3.8, 4) is 5.75 Å². The highest BCUT2D eigenvalue weighted by Gasteiger charge is 2.33. The molecule has 24 heavy (non-hydrogen) atoms. The molecule has 0 saturated carbocycles. The van der Waals surface area contributed by atoms with Crippen LogP contribution in [0.25, 0.3) is 6.08 Å². The number of nitrogens with zero attached hydrogens (tertiary/aromatic N) is 1. The van der Waals surface area contributed by atoms with Crippen LogP contribution < -0.4 is 5.43 Å². The number of rotatable bonds is 3. The molecule has 1 fully saturated rings. The van der Waals surface area contributed by atoms with Crippen LogP contribution in [-0.2, 0) is 4.79 Å². The number of carbonyl (C=O) groups excluding carboxylic acids is 2. The van der Waals surface area contributed by atoms with Gasteiger partial charge in [0.05, 0.1) is 4.91 Å². The van der Waals surface area contributed by atoms with Crippen LogP contribution in [0.2, 0.25) is 0 Å². The Morgan fingerprint density at radius 2 is 1.92 bits per heavy atom. The number of amides is 2. The lowest BCUT2D eigenvalue weighted by atomic mass is 10.2. The summed E-state index contributed by atoms with van der Waals surface area (Å²) in [5.74, 6) is -0.709. The molecule has 2 amide bonds. The third kappa shape index (κ3) is 3.47. The van der Waals surface area contributed by atoms with E-state index in [4.69, 9.17) is 12.2 Å². The molecule has 7 heteroatoms. The molecule has 2 aromatic carbocycles. The average molecular weight is 356 g/mol. The highest BCUT2D eigenvalue weighted by atomic mass is 32.2. The average Bonchev–Trinajstić information content (AvgIpc) is 2.83. The third-order valence-electron chi connectivity index (χ3n) is 3.21. The Kier molecular flexibility index (Phi) is 4.64. The number of hydrogen-bond donors (Lipinski definition) is 2. The van der Waals surface area contributed by atoms with Gasteiger partial charge in [-0.3, -0.25) is 15.0 Å². The van der Waals surface area contributed by atoms with Crippen molar-refractivity contribution in [3.05, 3.63) is 70.6 Å². The number of thiocarbonyl (C=S) groups is 1. The van der Waals surface area contributed by atoms with Crippen molar-refractivity contribution in [2.24, 2.45) is 0 Å². The minimum absolute atomic E-state index is 0.108. The topological polar surface area (TPSA) is 69.6 Å². The summed E-state index contributed by atoms with van der Waals surface area (Å²) in [6.45, 7) is 0. The summed E-state index contributed by atoms with van der Waals surface area (Å²) < 4.78 is 0.246. The number of phenolic OH excluding ortho intramolecular Hbond substituents is 1. The molecule has 0 bridgehead atoms. The summed E-state index contributed by atoms with van der Waals surface area (Å²) in [6, 6.07) is 15.1. The lowest BCUT2D eigenvalue weighted by molar-refractivity contribution is -0.123. The van der Waals surface area contributed by atoms with E-state index in [0.717, 1.165) is 16.8 Å². The van der Waals surface area contributed by atoms with E-state index in [1.165, 1.54) is 6.07 Å². The molecule has 5 nitrogen and oxygen atoms in total. The highest BCUT2D eigenvalue weighted by Crippen LogP contribution is 2.31. The zero-order chi connectivity index (χ0) is 17.1. The Morgan fingerprint density at radius 1 is 1.17 bits per heavy atom. The number of hydrazine groups is 1. The molecule has 3 rings (SSSR count). The Balaban J connectivity index is 1.78. The number of phenols is 1. The van der Waals surface area contributed by atoms with Crippen LogP contribution in [0.15, 0.2) is 59.5 Å². The van der Waals surface area contributed by atoms with E-state index >= 15 is 0 Å². The van der Waals surface area contributed by atoms with Crippen LogP contribution in [0.5, 0.6) is 5.75 Å². The summed E-state index contributed by atoms with van der Waals surface area (Å²) in [7, 11) is 0. The first-order chi connectivity index (χ1) is 11.5. The maximum Gasteiger partial charge on any atom is 0.285 e. The highest BCUT2D eigenvalue weighted by molar-refractivity contribution is 8.26. The molecule has 1 aliphatic heterocycles. The largest absolute Gasteiger partial charge is 0.508 e. The first kappa shape index (κ1) is 16.2. The van der Waals surface area contributed by atoms with Crippen LogP contribution >= 0.6 is 24.0 Å². The smallest absolute Gasteiger partial charge is 0.285 e. The summed E-state index contributed by atoms with van der Waals surface area (Å²) in [5.41, 5.74) is 3.62. The first-order valence-electron chi connectivity index (χ1n) is 6.97. The fourth-order valence-corrected chi connectivity index (χ4v) is 3.27. The van der Waals surface area contributed by atoms with Crippen LogP contribution in [0, 0.1) is 0 Å². The van der Waals surface area contributed by atoms with Crippen LogP contribution in [0.3, 0.4) is 0 Å². The molecule has 0 spiro atoms. The van der Waals surface area contributed by atoms with Gasteiger partial charge in [-0.15, -0.1) is 0 Å². The van der Waals surface area contributed by atoms with E-state index in [0.29, 0.717) is 16.0 Å². The van der Waals surface area contributed by atoms with Gasteiger partial charge in [0.1, 0.15) is 5.75 Å². The minimum atomic E-state index is -0.412. The maximum absolute atomic E-state index is 12.4. The molecule has 1 aliphatic rings. The van der Waals surface area contributed by atoms with Crippen molar-refractivity contribution in [1.29, 1.82) is 0 Å². The van der Waals surface area contributed by atoms with E-state index in [1.54, 1.807) is 54.6 Å². The Bertz CT molecular complexity index is 850. The maximum atomic E-state index is 12.4. The van der Waals surface area contributed by atoms with Crippen molar-refractivity contribution in [3.63, 3.8) is 0 Å². The number of hydrogen-bond acceptors (Lipinski definition) is 5. The van der Waals surface area contributed by atoms with Gasteiger partial charge in [0, 0.05) is 5.56 Å². The second kappa shape index (κ2) is 6.86. The van der Waals surface area contributed by atoms with E-state index in [9.17, 15) is 14.7 Å². The molecule has 2 aromatic rings. The SMILES string of the molecule is O=C(NN1C(=O)C(=Cc2cccc(O)c2)SC1=S)c1ccccc1. The fraction of sp³-hybridized carbons (Fsp3) is 0. The number of benzene rings is 2. The molecule has 0 aromatic heterocycles. The van der Waals surface area contributed by atoms with Crippen LogP contribution in [-0.4, -0.2) is 26.3 Å². The van der Waals surface area contributed by atoms with Crippen molar-refractivity contribution >= 4 is 46.2 Å². The number of aromatic hydroxyl groups is 1. The van der Waals surface area contributed by atoms with Gasteiger partial charge in [-0.2, -0.15) is 5.01 Å². The molecule has 0 unspecified atom stereocenters. The zero-order valence-electron chi connectivity index (χ0n) is 12.3. The molecule has 120 valence electrons. The van der Waals surface area contributed by atoms with Crippen LogP contribution in [0.1, 0.15) is 15.9 Å². The quantitative estimate of drug-likeness (QED) is 0.654. The third-order valence-corrected chi connectivity index (χ3v) is 4.51. The monoisotopic (exact) mass is 356 g/mol. The van der Waals surface area contributed by atoms with Gasteiger partial charge in [-0.05, 0) is 48.1 Å². The fourth-order valence-electron chi connectivity index (χ4n) is 2.09. The van der Waals surface area contributed by atoms with Crippen molar-refractivity contribution in [2.45, 2.75) is 0 Å². The lowest BCUT2D eigenvalue weighted by Gasteiger charge is -2.15. The lowest BCUT2D eigenvalue weighted by Crippen LogP contribution is -2.44. The minimum Gasteiger partial charge on any atom is -0.508 e. The van der Waals surface area contributed by atoms with Gasteiger partial charge in [-0.1, -0.05) is 42.1 Å². The van der Waals surface area contributed by atoms with E-state index in [1.807, 2.05) is 0 Å². The van der Waals surface area contributed by atoms with E-state index in [-0.39, 0.29) is 10.1 Å².